The van der Waals surface area contributed by atoms with E-state index in [1.54, 1.807) is 38.4 Å². The fraction of sp³-hybridized carbons (Fsp3) is 0.231. The zero-order valence-corrected chi connectivity index (χ0v) is 9.95. The Balaban J connectivity index is 2.41. The lowest BCUT2D eigenvalue weighted by Crippen LogP contribution is -2.02. The molecule has 0 aliphatic rings. The summed E-state index contributed by atoms with van der Waals surface area (Å²) < 4.78 is 44.2. The van der Waals surface area contributed by atoms with Crippen molar-refractivity contribution in [3.05, 3.63) is 42.1 Å². The predicted octanol–water partition coefficient (Wildman–Crippen LogP) is 3.72. The van der Waals surface area contributed by atoms with Crippen LogP contribution in [0.3, 0.4) is 0 Å². The molecule has 0 saturated heterocycles. The monoisotopic (exact) mass is 255 g/mol. The summed E-state index contributed by atoms with van der Waals surface area (Å²) in [7, 11) is 3.13. The second-order valence-corrected chi connectivity index (χ2v) is 3.95. The Morgan fingerprint density at radius 2 is 1.72 bits per heavy atom. The molecule has 0 N–H and O–H groups in total. The van der Waals surface area contributed by atoms with Crippen LogP contribution in [-0.2, 0) is 13.2 Å². The number of hydrogen-bond donors (Lipinski definition) is 0. The van der Waals surface area contributed by atoms with Crippen LogP contribution in [-0.4, -0.2) is 11.7 Å². The van der Waals surface area contributed by atoms with E-state index in [0.717, 1.165) is 12.3 Å². The molecule has 0 bridgehead atoms. The SMILES string of the molecule is COc1ccc(-c2cc(C(F)(F)F)cn2C)cc1. The van der Waals surface area contributed by atoms with Gasteiger partial charge < -0.3 is 9.30 Å². The van der Waals surface area contributed by atoms with Crippen LogP contribution in [0, 0.1) is 0 Å². The van der Waals surface area contributed by atoms with Gasteiger partial charge in [0.05, 0.1) is 12.7 Å². The minimum Gasteiger partial charge on any atom is -0.497 e. The molecule has 0 aliphatic carbocycles. The van der Waals surface area contributed by atoms with Gasteiger partial charge in [0.1, 0.15) is 5.75 Å². The number of halogens is 3. The standard InChI is InChI=1S/C13H12F3NO/c1-17-8-10(13(14,15)16)7-12(17)9-3-5-11(18-2)6-4-9/h3-8H,1-2H3. The van der Waals surface area contributed by atoms with Crippen LogP contribution in [0.25, 0.3) is 11.3 Å². The van der Waals surface area contributed by atoms with Gasteiger partial charge in [0.25, 0.3) is 0 Å². The molecule has 0 saturated carbocycles. The van der Waals surface area contributed by atoms with Crippen LogP contribution in [0.4, 0.5) is 13.2 Å². The normalized spacial score (nSPS) is 11.6. The highest BCUT2D eigenvalue weighted by molar-refractivity contribution is 5.62. The molecule has 0 fully saturated rings. The van der Waals surface area contributed by atoms with E-state index in [0.29, 0.717) is 17.0 Å². The molecule has 0 spiro atoms. The van der Waals surface area contributed by atoms with Gasteiger partial charge in [-0.05, 0) is 35.9 Å². The lowest BCUT2D eigenvalue weighted by Gasteiger charge is -2.04. The third kappa shape index (κ3) is 2.34. The second-order valence-electron chi connectivity index (χ2n) is 3.95. The topological polar surface area (TPSA) is 14.2 Å². The van der Waals surface area contributed by atoms with Crippen LogP contribution in [0.2, 0.25) is 0 Å². The van der Waals surface area contributed by atoms with E-state index < -0.39 is 11.7 Å². The Morgan fingerprint density at radius 3 is 2.17 bits per heavy atom. The summed E-state index contributed by atoms with van der Waals surface area (Å²) in [4.78, 5) is 0. The fourth-order valence-electron chi connectivity index (χ4n) is 1.77. The Kier molecular flexibility index (Phi) is 3.07. The average molecular weight is 255 g/mol. The molecule has 5 heteroatoms. The minimum atomic E-state index is -4.32. The van der Waals surface area contributed by atoms with Gasteiger partial charge in [-0.1, -0.05) is 0 Å². The highest BCUT2D eigenvalue weighted by Crippen LogP contribution is 2.33. The van der Waals surface area contributed by atoms with Crippen molar-refractivity contribution >= 4 is 0 Å². The zero-order valence-electron chi connectivity index (χ0n) is 9.95. The maximum Gasteiger partial charge on any atom is 0.417 e. The lowest BCUT2D eigenvalue weighted by molar-refractivity contribution is -0.137. The first-order valence-corrected chi connectivity index (χ1v) is 5.30. The van der Waals surface area contributed by atoms with E-state index in [9.17, 15) is 13.2 Å². The summed E-state index contributed by atoms with van der Waals surface area (Å²) in [6, 6.07) is 8.04. The summed E-state index contributed by atoms with van der Waals surface area (Å²) in [5, 5.41) is 0. The van der Waals surface area contributed by atoms with Crippen molar-refractivity contribution in [2.45, 2.75) is 6.18 Å². The van der Waals surface area contributed by atoms with Crippen molar-refractivity contribution in [1.29, 1.82) is 0 Å². The number of alkyl halides is 3. The largest absolute Gasteiger partial charge is 0.497 e. The summed E-state index contributed by atoms with van der Waals surface area (Å²) in [5.74, 6) is 0.670. The van der Waals surface area contributed by atoms with E-state index in [-0.39, 0.29) is 0 Å². The van der Waals surface area contributed by atoms with E-state index in [2.05, 4.69) is 0 Å². The molecule has 2 rings (SSSR count). The predicted molar refractivity (Wildman–Crippen MR) is 62.4 cm³/mol. The molecule has 0 amide bonds. The van der Waals surface area contributed by atoms with Crippen molar-refractivity contribution < 1.29 is 17.9 Å². The van der Waals surface area contributed by atoms with Crippen molar-refractivity contribution in [2.75, 3.05) is 7.11 Å². The van der Waals surface area contributed by atoms with Crippen LogP contribution in [0.1, 0.15) is 5.56 Å². The van der Waals surface area contributed by atoms with E-state index in [1.165, 1.54) is 4.57 Å². The third-order valence-corrected chi connectivity index (χ3v) is 2.72. The second kappa shape index (κ2) is 4.40. The quantitative estimate of drug-likeness (QED) is 0.797. The summed E-state index contributed by atoms with van der Waals surface area (Å²) in [6.45, 7) is 0. The molecule has 96 valence electrons. The molecule has 2 nitrogen and oxygen atoms in total. The summed E-state index contributed by atoms with van der Waals surface area (Å²) >= 11 is 0. The smallest absolute Gasteiger partial charge is 0.417 e. The molecular weight excluding hydrogens is 243 g/mol. The molecule has 0 aliphatic heterocycles. The highest BCUT2D eigenvalue weighted by atomic mass is 19.4. The van der Waals surface area contributed by atoms with E-state index in [4.69, 9.17) is 4.74 Å². The van der Waals surface area contributed by atoms with Gasteiger partial charge in [0.15, 0.2) is 0 Å². The number of aryl methyl sites for hydroxylation is 1. The van der Waals surface area contributed by atoms with Crippen molar-refractivity contribution in [2.24, 2.45) is 7.05 Å². The molecule has 0 unspecified atom stereocenters. The van der Waals surface area contributed by atoms with Crippen molar-refractivity contribution in [1.82, 2.24) is 4.57 Å². The van der Waals surface area contributed by atoms with Gasteiger partial charge in [-0.2, -0.15) is 13.2 Å². The van der Waals surface area contributed by atoms with Crippen LogP contribution in [0.5, 0.6) is 5.75 Å². The zero-order chi connectivity index (χ0) is 13.3. The summed E-state index contributed by atoms with van der Waals surface area (Å²) in [6.07, 6.45) is -3.23. The Labute approximate surface area is 103 Å². The van der Waals surface area contributed by atoms with Gasteiger partial charge in [0, 0.05) is 18.9 Å². The fourth-order valence-corrected chi connectivity index (χ4v) is 1.77. The highest BCUT2D eigenvalue weighted by Gasteiger charge is 2.32. The van der Waals surface area contributed by atoms with Crippen LogP contribution >= 0.6 is 0 Å². The molecule has 18 heavy (non-hydrogen) atoms. The van der Waals surface area contributed by atoms with Crippen molar-refractivity contribution in [3.63, 3.8) is 0 Å². The number of benzene rings is 1. The van der Waals surface area contributed by atoms with Gasteiger partial charge in [0.2, 0.25) is 0 Å². The molecule has 1 heterocycles. The van der Waals surface area contributed by atoms with Crippen molar-refractivity contribution in [3.8, 4) is 17.0 Å². The Morgan fingerprint density at radius 1 is 1.11 bits per heavy atom. The molecular formula is C13H12F3NO. The van der Waals surface area contributed by atoms with Gasteiger partial charge in [-0.3, -0.25) is 0 Å². The lowest BCUT2D eigenvalue weighted by atomic mass is 10.1. The number of ether oxygens (including phenoxy) is 1. The van der Waals surface area contributed by atoms with Crippen LogP contribution < -0.4 is 4.74 Å². The van der Waals surface area contributed by atoms with Gasteiger partial charge in [-0.15, -0.1) is 0 Å². The van der Waals surface area contributed by atoms with E-state index in [1.807, 2.05) is 0 Å². The van der Waals surface area contributed by atoms with E-state index >= 15 is 0 Å². The van der Waals surface area contributed by atoms with Crippen LogP contribution in [0.15, 0.2) is 36.5 Å². The Bertz CT molecular complexity index is 540. The van der Waals surface area contributed by atoms with Gasteiger partial charge >= 0.3 is 6.18 Å². The van der Waals surface area contributed by atoms with Gasteiger partial charge in [-0.25, -0.2) is 0 Å². The number of rotatable bonds is 2. The number of aromatic nitrogens is 1. The molecule has 1 aromatic carbocycles. The number of nitrogens with zero attached hydrogens (tertiary/aromatic N) is 1. The third-order valence-electron chi connectivity index (χ3n) is 2.72. The summed E-state index contributed by atoms with van der Waals surface area (Å²) in [5.41, 5.74) is 0.592. The first-order valence-electron chi connectivity index (χ1n) is 5.30. The number of methoxy groups -OCH3 is 1. The molecule has 0 radical (unpaired) electrons. The Hall–Kier alpha value is -1.91. The maximum atomic E-state index is 12.6. The first-order chi connectivity index (χ1) is 8.41. The maximum absolute atomic E-state index is 12.6. The first kappa shape index (κ1) is 12.5. The minimum absolute atomic E-state index is 0.518. The molecule has 2 aromatic rings. The molecule has 0 atom stereocenters. The molecule has 1 aromatic heterocycles. The average Bonchev–Trinajstić information content (AvgIpc) is 2.71. The number of hydrogen-bond acceptors (Lipinski definition) is 1.